The summed E-state index contributed by atoms with van der Waals surface area (Å²) in [7, 11) is 0. The number of furan rings is 1. The van der Waals surface area contributed by atoms with Gasteiger partial charge in [0.2, 0.25) is 0 Å². The molecular weight excluding hydrogens is 386 g/mol. The Bertz CT molecular complexity index is 931. The normalized spacial score (nSPS) is 11.2. The highest BCUT2D eigenvalue weighted by Gasteiger charge is 2.12. The monoisotopic (exact) mass is 393 g/mol. The topological polar surface area (TPSA) is 97.7 Å². The molecule has 0 aliphatic heterocycles. The SMILES string of the molecule is O=C(N/N=C\c1ccc(Br)o1)c1cc2cc([N+](=O)[O-])ccc2s1. The predicted octanol–water partition coefficient (Wildman–Crippen LogP) is 3.93. The van der Waals surface area contributed by atoms with Crippen molar-refractivity contribution in [3.63, 3.8) is 0 Å². The summed E-state index contributed by atoms with van der Waals surface area (Å²) < 4.78 is 6.57. The molecule has 0 aliphatic carbocycles. The summed E-state index contributed by atoms with van der Waals surface area (Å²) in [6.07, 6.45) is 1.38. The van der Waals surface area contributed by atoms with E-state index in [9.17, 15) is 14.9 Å². The first kappa shape index (κ1) is 15.4. The lowest BCUT2D eigenvalue weighted by Gasteiger charge is -1.93. The Morgan fingerprint density at radius 1 is 1.35 bits per heavy atom. The molecule has 0 saturated heterocycles. The van der Waals surface area contributed by atoms with Gasteiger partial charge >= 0.3 is 0 Å². The highest BCUT2D eigenvalue weighted by molar-refractivity contribution is 9.10. The zero-order valence-electron chi connectivity index (χ0n) is 11.4. The van der Waals surface area contributed by atoms with Crippen LogP contribution in [0.3, 0.4) is 0 Å². The molecule has 1 aromatic carbocycles. The number of carbonyl (C=O) groups excluding carboxylic acids is 1. The Morgan fingerprint density at radius 3 is 2.87 bits per heavy atom. The molecule has 3 aromatic rings. The Kier molecular flexibility index (Phi) is 4.22. The molecule has 0 atom stereocenters. The van der Waals surface area contributed by atoms with Gasteiger partial charge in [-0.1, -0.05) is 0 Å². The minimum Gasteiger partial charge on any atom is -0.448 e. The number of non-ortho nitro benzene ring substituents is 1. The number of hydrazone groups is 1. The molecule has 1 amide bonds. The molecule has 116 valence electrons. The average Bonchev–Trinajstić information content (AvgIpc) is 3.12. The third-order valence-corrected chi connectivity index (χ3v) is 4.43. The van der Waals surface area contributed by atoms with E-state index in [4.69, 9.17) is 4.42 Å². The fourth-order valence-electron chi connectivity index (χ4n) is 1.86. The minimum absolute atomic E-state index is 0.0105. The molecular formula is C14H8BrN3O4S. The second kappa shape index (κ2) is 6.31. The van der Waals surface area contributed by atoms with E-state index in [1.165, 1.54) is 29.7 Å². The van der Waals surface area contributed by atoms with Gasteiger partial charge in [0.15, 0.2) is 4.67 Å². The third-order valence-electron chi connectivity index (χ3n) is 2.89. The Balaban J connectivity index is 1.75. The summed E-state index contributed by atoms with van der Waals surface area (Å²) in [5.41, 5.74) is 2.38. The van der Waals surface area contributed by atoms with Crippen LogP contribution in [0, 0.1) is 10.1 Å². The molecule has 0 fully saturated rings. The number of nitrogens with zero attached hydrogens (tertiary/aromatic N) is 2. The first-order valence-electron chi connectivity index (χ1n) is 6.29. The fraction of sp³-hybridized carbons (Fsp3) is 0. The van der Waals surface area contributed by atoms with Crippen molar-refractivity contribution < 1.29 is 14.1 Å². The molecule has 0 unspecified atom stereocenters. The lowest BCUT2D eigenvalue weighted by molar-refractivity contribution is -0.384. The molecule has 3 rings (SSSR count). The van der Waals surface area contributed by atoms with Crippen LogP contribution in [0.25, 0.3) is 10.1 Å². The van der Waals surface area contributed by atoms with Crippen LogP contribution in [-0.4, -0.2) is 17.0 Å². The predicted molar refractivity (Wildman–Crippen MR) is 89.9 cm³/mol. The number of nitro groups is 1. The fourth-order valence-corrected chi connectivity index (χ4v) is 3.12. The molecule has 0 radical (unpaired) electrons. The number of benzene rings is 1. The standard InChI is InChI=1S/C14H8BrN3O4S/c15-13-4-2-10(22-13)7-16-17-14(19)12-6-8-5-9(18(20)21)1-3-11(8)23-12/h1-7H,(H,17,19)/b16-7-. The van der Waals surface area contributed by atoms with Crippen LogP contribution < -0.4 is 5.43 Å². The van der Waals surface area contributed by atoms with Crippen molar-refractivity contribution in [2.24, 2.45) is 5.10 Å². The van der Waals surface area contributed by atoms with Gasteiger partial charge in [-0.3, -0.25) is 14.9 Å². The minimum atomic E-state index is -0.470. The van der Waals surface area contributed by atoms with E-state index in [-0.39, 0.29) is 5.69 Å². The van der Waals surface area contributed by atoms with Crippen molar-refractivity contribution >= 4 is 55.2 Å². The van der Waals surface area contributed by atoms with E-state index in [1.54, 1.807) is 24.3 Å². The van der Waals surface area contributed by atoms with E-state index in [1.807, 2.05) is 0 Å². The number of nitro benzene ring substituents is 1. The van der Waals surface area contributed by atoms with Crippen molar-refractivity contribution in [1.82, 2.24) is 5.43 Å². The van der Waals surface area contributed by atoms with Crippen molar-refractivity contribution in [2.75, 3.05) is 0 Å². The third kappa shape index (κ3) is 3.46. The molecule has 0 bridgehead atoms. The Morgan fingerprint density at radius 2 is 2.17 bits per heavy atom. The second-order valence-electron chi connectivity index (χ2n) is 4.43. The molecule has 23 heavy (non-hydrogen) atoms. The average molecular weight is 394 g/mol. The number of nitrogens with one attached hydrogen (secondary N) is 1. The smallest absolute Gasteiger partial charge is 0.281 e. The van der Waals surface area contributed by atoms with Gasteiger partial charge in [0, 0.05) is 22.2 Å². The first-order chi connectivity index (χ1) is 11.0. The highest BCUT2D eigenvalue weighted by Crippen LogP contribution is 2.28. The zero-order valence-corrected chi connectivity index (χ0v) is 13.8. The molecule has 0 saturated carbocycles. The zero-order chi connectivity index (χ0) is 16.4. The maximum atomic E-state index is 12.0. The van der Waals surface area contributed by atoms with Crippen LogP contribution in [0.4, 0.5) is 5.69 Å². The summed E-state index contributed by atoms with van der Waals surface area (Å²) in [5.74, 6) is 0.0971. The van der Waals surface area contributed by atoms with Crippen LogP contribution in [-0.2, 0) is 0 Å². The highest BCUT2D eigenvalue weighted by atomic mass is 79.9. The molecule has 7 nitrogen and oxygen atoms in total. The van der Waals surface area contributed by atoms with Crippen LogP contribution in [0.5, 0.6) is 0 Å². The number of fused-ring (bicyclic) bond motifs is 1. The number of carbonyl (C=O) groups is 1. The van der Waals surface area contributed by atoms with E-state index < -0.39 is 10.8 Å². The van der Waals surface area contributed by atoms with Gasteiger partial charge in [-0.05, 0) is 40.2 Å². The number of amides is 1. The molecule has 0 aliphatic rings. The van der Waals surface area contributed by atoms with E-state index in [2.05, 4.69) is 26.5 Å². The van der Waals surface area contributed by atoms with Crippen LogP contribution >= 0.6 is 27.3 Å². The van der Waals surface area contributed by atoms with Gasteiger partial charge in [0.05, 0.1) is 16.0 Å². The Hall–Kier alpha value is -2.52. The number of thiophene rings is 1. The van der Waals surface area contributed by atoms with E-state index in [0.29, 0.717) is 20.7 Å². The van der Waals surface area contributed by atoms with E-state index >= 15 is 0 Å². The van der Waals surface area contributed by atoms with Gasteiger partial charge in [-0.15, -0.1) is 11.3 Å². The second-order valence-corrected chi connectivity index (χ2v) is 6.30. The van der Waals surface area contributed by atoms with Crippen molar-refractivity contribution in [3.8, 4) is 0 Å². The van der Waals surface area contributed by atoms with Crippen LogP contribution in [0.15, 0.2) is 50.6 Å². The number of hydrogen-bond donors (Lipinski definition) is 1. The largest absolute Gasteiger partial charge is 0.448 e. The van der Waals surface area contributed by atoms with Crippen LogP contribution in [0.1, 0.15) is 15.4 Å². The molecule has 2 aromatic heterocycles. The number of rotatable bonds is 4. The van der Waals surface area contributed by atoms with Crippen molar-refractivity contribution in [2.45, 2.75) is 0 Å². The summed E-state index contributed by atoms with van der Waals surface area (Å²) in [4.78, 5) is 22.7. The summed E-state index contributed by atoms with van der Waals surface area (Å²) in [6.45, 7) is 0. The van der Waals surface area contributed by atoms with Crippen molar-refractivity contribution in [1.29, 1.82) is 0 Å². The number of hydrogen-bond acceptors (Lipinski definition) is 6. The maximum absolute atomic E-state index is 12.0. The maximum Gasteiger partial charge on any atom is 0.281 e. The lowest BCUT2D eigenvalue weighted by Crippen LogP contribution is -2.15. The van der Waals surface area contributed by atoms with Gasteiger partial charge < -0.3 is 4.42 Å². The molecule has 2 heterocycles. The summed E-state index contributed by atoms with van der Waals surface area (Å²) in [5, 5.41) is 15.2. The number of halogens is 1. The lowest BCUT2D eigenvalue weighted by atomic mass is 10.2. The van der Waals surface area contributed by atoms with E-state index in [0.717, 1.165) is 4.70 Å². The summed E-state index contributed by atoms with van der Waals surface area (Å²) >= 11 is 4.40. The molecule has 1 N–H and O–H groups in total. The van der Waals surface area contributed by atoms with Gasteiger partial charge in [0.1, 0.15) is 5.76 Å². The van der Waals surface area contributed by atoms with Gasteiger partial charge in [0.25, 0.3) is 11.6 Å². The summed E-state index contributed by atoms with van der Waals surface area (Å²) in [6, 6.07) is 9.47. The van der Waals surface area contributed by atoms with Gasteiger partial charge in [-0.2, -0.15) is 5.10 Å². The molecule has 9 heteroatoms. The van der Waals surface area contributed by atoms with Crippen molar-refractivity contribution in [3.05, 3.63) is 61.8 Å². The van der Waals surface area contributed by atoms with Crippen LogP contribution in [0.2, 0.25) is 0 Å². The van der Waals surface area contributed by atoms with Gasteiger partial charge in [-0.25, -0.2) is 5.43 Å². The first-order valence-corrected chi connectivity index (χ1v) is 7.90. The Labute approximate surface area is 141 Å². The molecule has 0 spiro atoms. The quantitative estimate of drug-likeness (QED) is 0.412.